The Bertz CT molecular complexity index is 584. The van der Waals surface area contributed by atoms with E-state index in [1.807, 2.05) is 26.0 Å². The van der Waals surface area contributed by atoms with E-state index in [1.165, 1.54) is 11.8 Å². The molecule has 3 nitrogen and oxygen atoms in total. The van der Waals surface area contributed by atoms with Crippen molar-refractivity contribution in [3.63, 3.8) is 0 Å². The van der Waals surface area contributed by atoms with Gasteiger partial charge in [0.1, 0.15) is 10.1 Å². The number of nitrogens with zero attached hydrogens (tertiary/aromatic N) is 1. The number of benzene rings is 1. The Morgan fingerprint density at radius 1 is 1.47 bits per heavy atom. The summed E-state index contributed by atoms with van der Waals surface area (Å²) >= 11 is 8.65. The third-order valence-corrected chi connectivity index (χ3v) is 4.62. The Kier molecular flexibility index (Phi) is 4.52. The Balaban J connectivity index is 2.38. The van der Waals surface area contributed by atoms with Crippen molar-refractivity contribution in [2.45, 2.75) is 19.9 Å². The minimum Gasteiger partial charge on any atom is -0.507 e. The van der Waals surface area contributed by atoms with Gasteiger partial charge in [-0.25, -0.2) is 0 Å². The Morgan fingerprint density at radius 3 is 2.74 bits per heavy atom. The summed E-state index contributed by atoms with van der Waals surface area (Å²) in [4.78, 5) is 14.4. The molecule has 6 heteroatoms. The van der Waals surface area contributed by atoms with E-state index in [9.17, 15) is 9.90 Å². The molecule has 1 saturated heterocycles. The molecule has 1 aliphatic rings. The van der Waals surface area contributed by atoms with Gasteiger partial charge in [-0.15, -0.1) is 0 Å². The second kappa shape index (κ2) is 5.80. The van der Waals surface area contributed by atoms with Crippen LogP contribution in [0.5, 0.6) is 5.75 Å². The van der Waals surface area contributed by atoms with E-state index in [2.05, 4.69) is 22.6 Å². The number of thiocarbonyl (C=S) groups is 1. The average Bonchev–Trinajstić information content (AvgIpc) is 2.59. The second-order valence-electron chi connectivity index (χ2n) is 4.35. The third-order valence-electron chi connectivity index (χ3n) is 2.62. The molecular formula is C13H12INO2S2. The molecule has 1 fully saturated rings. The molecule has 100 valence electrons. The van der Waals surface area contributed by atoms with Gasteiger partial charge in [-0.05, 0) is 60.7 Å². The second-order valence-corrected chi connectivity index (χ2v) is 7.27. The average molecular weight is 405 g/mol. The SMILES string of the molecule is CC(C)N1C(=O)/C(=C/c2cc(I)ccc2O)SC1=S. The number of phenols is 1. The van der Waals surface area contributed by atoms with Crippen LogP contribution in [-0.2, 0) is 4.79 Å². The first-order valence-corrected chi connectivity index (χ1v) is 7.96. The van der Waals surface area contributed by atoms with Crippen LogP contribution in [0.15, 0.2) is 23.1 Å². The van der Waals surface area contributed by atoms with E-state index < -0.39 is 0 Å². The van der Waals surface area contributed by atoms with Gasteiger partial charge < -0.3 is 5.11 Å². The largest absolute Gasteiger partial charge is 0.507 e. The molecule has 1 heterocycles. The van der Waals surface area contributed by atoms with Crippen molar-refractivity contribution >= 4 is 62.9 Å². The molecule has 0 radical (unpaired) electrons. The fraction of sp³-hybridized carbons (Fsp3) is 0.231. The van der Waals surface area contributed by atoms with Crippen LogP contribution in [0.4, 0.5) is 0 Å². The summed E-state index contributed by atoms with van der Waals surface area (Å²) in [6.45, 7) is 3.85. The van der Waals surface area contributed by atoms with Crippen LogP contribution in [-0.4, -0.2) is 26.3 Å². The summed E-state index contributed by atoms with van der Waals surface area (Å²) in [5, 5.41) is 9.81. The summed E-state index contributed by atoms with van der Waals surface area (Å²) in [5.41, 5.74) is 0.635. The number of hydrogen-bond acceptors (Lipinski definition) is 4. The summed E-state index contributed by atoms with van der Waals surface area (Å²) in [5.74, 6) is 0.0680. The van der Waals surface area contributed by atoms with Crippen molar-refractivity contribution in [1.29, 1.82) is 0 Å². The number of amides is 1. The highest BCUT2D eigenvalue weighted by atomic mass is 127. The minimum absolute atomic E-state index is 0.0444. The molecule has 0 aromatic heterocycles. The van der Waals surface area contributed by atoms with E-state index in [4.69, 9.17) is 12.2 Å². The molecule has 2 rings (SSSR count). The highest BCUT2D eigenvalue weighted by molar-refractivity contribution is 14.1. The molecule has 0 atom stereocenters. The fourth-order valence-electron chi connectivity index (χ4n) is 1.71. The van der Waals surface area contributed by atoms with Gasteiger partial charge in [-0.1, -0.05) is 24.0 Å². The lowest BCUT2D eigenvalue weighted by Gasteiger charge is -2.18. The van der Waals surface area contributed by atoms with Crippen molar-refractivity contribution in [2.75, 3.05) is 0 Å². The summed E-state index contributed by atoms with van der Waals surface area (Å²) in [6, 6.07) is 5.31. The van der Waals surface area contributed by atoms with Crippen molar-refractivity contribution in [3.8, 4) is 5.75 Å². The Hall–Kier alpha value is -0.600. The van der Waals surface area contributed by atoms with E-state index in [0.29, 0.717) is 14.8 Å². The van der Waals surface area contributed by atoms with Crippen molar-refractivity contribution in [2.24, 2.45) is 0 Å². The lowest BCUT2D eigenvalue weighted by atomic mass is 10.2. The lowest BCUT2D eigenvalue weighted by Crippen LogP contribution is -2.34. The molecular weight excluding hydrogens is 393 g/mol. The van der Waals surface area contributed by atoms with E-state index >= 15 is 0 Å². The Morgan fingerprint density at radius 2 is 2.16 bits per heavy atom. The summed E-state index contributed by atoms with van der Waals surface area (Å²) in [6.07, 6.45) is 1.69. The van der Waals surface area contributed by atoms with Gasteiger partial charge >= 0.3 is 0 Å². The molecule has 1 N–H and O–H groups in total. The monoisotopic (exact) mass is 405 g/mol. The van der Waals surface area contributed by atoms with Crippen LogP contribution in [0.1, 0.15) is 19.4 Å². The number of carbonyl (C=O) groups excluding carboxylic acids is 1. The highest BCUT2D eigenvalue weighted by Gasteiger charge is 2.33. The molecule has 0 saturated carbocycles. The molecule has 1 aromatic carbocycles. The molecule has 1 aliphatic heterocycles. The molecule has 0 spiro atoms. The van der Waals surface area contributed by atoms with Gasteiger partial charge in [0.05, 0.1) is 4.91 Å². The van der Waals surface area contributed by atoms with Crippen LogP contribution in [0.3, 0.4) is 0 Å². The van der Waals surface area contributed by atoms with Crippen molar-refractivity contribution in [3.05, 3.63) is 32.2 Å². The van der Waals surface area contributed by atoms with Gasteiger partial charge in [0, 0.05) is 15.2 Å². The maximum Gasteiger partial charge on any atom is 0.266 e. The maximum absolute atomic E-state index is 12.2. The van der Waals surface area contributed by atoms with Gasteiger partial charge in [0.25, 0.3) is 5.91 Å². The predicted octanol–water partition coefficient (Wildman–Crippen LogP) is 3.61. The van der Waals surface area contributed by atoms with Gasteiger partial charge in [-0.3, -0.25) is 9.69 Å². The molecule has 1 aromatic rings. The standard InChI is InChI=1S/C13H12INO2S2/c1-7(2)15-12(17)11(19-13(15)18)6-8-5-9(14)3-4-10(8)16/h3-7,16H,1-2H3/b11-6-. The smallest absolute Gasteiger partial charge is 0.266 e. The van der Waals surface area contributed by atoms with Crippen LogP contribution in [0.2, 0.25) is 0 Å². The Labute approximate surface area is 135 Å². The number of aromatic hydroxyl groups is 1. The minimum atomic E-state index is -0.0942. The zero-order chi connectivity index (χ0) is 14.2. The molecule has 19 heavy (non-hydrogen) atoms. The van der Waals surface area contributed by atoms with Gasteiger partial charge in [0.15, 0.2) is 0 Å². The number of phenolic OH excluding ortho intramolecular Hbond substituents is 1. The number of carbonyl (C=O) groups is 1. The van der Waals surface area contributed by atoms with E-state index in [0.717, 1.165) is 3.57 Å². The van der Waals surface area contributed by atoms with Crippen LogP contribution in [0, 0.1) is 3.57 Å². The number of halogens is 1. The third kappa shape index (κ3) is 3.11. The van der Waals surface area contributed by atoms with Crippen molar-refractivity contribution < 1.29 is 9.90 Å². The van der Waals surface area contributed by atoms with E-state index in [-0.39, 0.29) is 17.7 Å². The van der Waals surface area contributed by atoms with E-state index in [1.54, 1.807) is 17.0 Å². The first kappa shape index (κ1) is 14.8. The van der Waals surface area contributed by atoms with Gasteiger partial charge in [0.2, 0.25) is 0 Å². The lowest BCUT2D eigenvalue weighted by molar-refractivity contribution is -0.123. The zero-order valence-electron chi connectivity index (χ0n) is 10.4. The van der Waals surface area contributed by atoms with Gasteiger partial charge in [-0.2, -0.15) is 0 Å². The first-order chi connectivity index (χ1) is 8.90. The molecule has 0 bridgehead atoms. The fourth-order valence-corrected chi connectivity index (χ4v) is 3.74. The van der Waals surface area contributed by atoms with Crippen LogP contribution in [0.25, 0.3) is 6.08 Å². The summed E-state index contributed by atoms with van der Waals surface area (Å²) in [7, 11) is 0. The summed E-state index contributed by atoms with van der Waals surface area (Å²) < 4.78 is 1.57. The molecule has 0 aliphatic carbocycles. The number of rotatable bonds is 2. The highest BCUT2D eigenvalue weighted by Crippen LogP contribution is 2.35. The first-order valence-electron chi connectivity index (χ1n) is 5.65. The number of hydrogen-bond donors (Lipinski definition) is 1. The zero-order valence-corrected chi connectivity index (χ0v) is 14.2. The molecule has 0 unspecified atom stereocenters. The van der Waals surface area contributed by atoms with Crippen molar-refractivity contribution in [1.82, 2.24) is 4.90 Å². The normalized spacial score (nSPS) is 17.9. The quantitative estimate of drug-likeness (QED) is 0.464. The topological polar surface area (TPSA) is 40.5 Å². The number of thioether (sulfide) groups is 1. The predicted molar refractivity (Wildman–Crippen MR) is 91.0 cm³/mol. The van der Waals surface area contributed by atoms with Crippen LogP contribution < -0.4 is 0 Å². The maximum atomic E-state index is 12.2. The van der Waals surface area contributed by atoms with Crippen LogP contribution >= 0.6 is 46.6 Å². The molecule has 1 amide bonds.